The number of nitrogen functional groups attached to an aromatic ring is 1. The molecule has 1 aromatic carbocycles. The summed E-state index contributed by atoms with van der Waals surface area (Å²) in [5.41, 5.74) is 8.24. The van der Waals surface area contributed by atoms with E-state index in [1.54, 1.807) is 13.0 Å². The van der Waals surface area contributed by atoms with E-state index < -0.39 is 0 Å². The molecule has 0 saturated heterocycles. The van der Waals surface area contributed by atoms with Crippen LogP contribution in [0.25, 0.3) is 0 Å². The Kier molecular flexibility index (Phi) is 4.53. The molecule has 0 amide bonds. The zero-order valence-electron chi connectivity index (χ0n) is 12.4. The second kappa shape index (κ2) is 6.16. The summed E-state index contributed by atoms with van der Waals surface area (Å²) in [6.45, 7) is 5.30. The smallest absolute Gasteiger partial charge is 0.340 e. The van der Waals surface area contributed by atoms with Gasteiger partial charge in [0, 0.05) is 6.54 Å². The van der Waals surface area contributed by atoms with E-state index >= 15 is 0 Å². The lowest BCUT2D eigenvalue weighted by molar-refractivity contribution is 0.0527. The van der Waals surface area contributed by atoms with Gasteiger partial charge in [0.15, 0.2) is 0 Å². The van der Waals surface area contributed by atoms with E-state index in [0.717, 1.165) is 12.2 Å². The van der Waals surface area contributed by atoms with Gasteiger partial charge < -0.3 is 15.8 Å². The Hall–Kier alpha value is -1.71. The number of rotatable bonds is 6. The summed E-state index contributed by atoms with van der Waals surface area (Å²) in [7, 11) is 0. The molecule has 20 heavy (non-hydrogen) atoms. The van der Waals surface area contributed by atoms with Crippen LogP contribution in [-0.2, 0) is 4.74 Å². The summed E-state index contributed by atoms with van der Waals surface area (Å²) < 4.78 is 5.02. The average molecular weight is 276 g/mol. The highest BCUT2D eigenvalue weighted by Gasteiger charge is 2.34. The lowest BCUT2D eigenvalue weighted by Crippen LogP contribution is -2.36. The second-order valence-electron chi connectivity index (χ2n) is 5.55. The third kappa shape index (κ3) is 2.89. The first-order valence-corrected chi connectivity index (χ1v) is 7.41. The highest BCUT2D eigenvalue weighted by atomic mass is 16.5. The van der Waals surface area contributed by atoms with Crippen LogP contribution in [0.15, 0.2) is 18.2 Å². The average Bonchev–Trinajstić information content (AvgIpc) is 2.40. The maximum absolute atomic E-state index is 11.8. The number of esters is 1. The van der Waals surface area contributed by atoms with Gasteiger partial charge in [-0.2, -0.15) is 0 Å². The lowest BCUT2D eigenvalue weighted by Gasteiger charge is -2.41. The van der Waals surface area contributed by atoms with E-state index in [1.165, 1.54) is 25.7 Å². The fourth-order valence-corrected chi connectivity index (χ4v) is 2.72. The number of nitrogens with two attached hydrogens (primary N) is 1. The topological polar surface area (TPSA) is 64.3 Å². The number of anilines is 2. The van der Waals surface area contributed by atoms with Crippen LogP contribution in [-0.4, -0.2) is 19.1 Å². The fourth-order valence-electron chi connectivity index (χ4n) is 2.72. The zero-order chi connectivity index (χ0) is 14.6. The summed E-state index contributed by atoms with van der Waals surface area (Å²) in [6, 6.07) is 5.46. The van der Waals surface area contributed by atoms with Gasteiger partial charge in [0.05, 0.1) is 23.5 Å². The van der Waals surface area contributed by atoms with Crippen molar-refractivity contribution in [3.8, 4) is 0 Å². The first kappa shape index (κ1) is 14.7. The van der Waals surface area contributed by atoms with Crippen molar-refractivity contribution in [2.24, 2.45) is 5.41 Å². The highest BCUT2D eigenvalue weighted by molar-refractivity contribution is 5.98. The number of carbonyl (C=O) groups is 1. The Labute approximate surface area is 120 Å². The van der Waals surface area contributed by atoms with Crippen molar-refractivity contribution in [1.82, 2.24) is 0 Å². The van der Waals surface area contributed by atoms with Crippen molar-refractivity contribution in [1.29, 1.82) is 0 Å². The molecule has 1 fully saturated rings. The summed E-state index contributed by atoms with van der Waals surface area (Å²) in [5.74, 6) is -0.359. The van der Waals surface area contributed by atoms with Gasteiger partial charge >= 0.3 is 5.97 Å². The quantitative estimate of drug-likeness (QED) is 0.617. The fraction of sp³-hybridized carbons (Fsp3) is 0.562. The summed E-state index contributed by atoms with van der Waals surface area (Å²) in [5, 5.41) is 3.41. The minimum Gasteiger partial charge on any atom is -0.462 e. The van der Waals surface area contributed by atoms with Gasteiger partial charge in [-0.15, -0.1) is 0 Å². The highest BCUT2D eigenvalue weighted by Crippen LogP contribution is 2.44. The van der Waals surface area contributed by atoms with Crippen molar-refractivity contribution in [2.75, 3.05) is 24.2 Å². The molecule has 0 bridgehead atoms. The van der Waals surface area contributed by atoms with Crippen LogP contribution >= 0.6 is 0 Å². The molecule has 0 aliphatic heterocycles. The number of nitrogens with one attached hydrogen (secondary N) is 1. The van der Waals surface area contributed by atoms with Crippen LogP contribution in [0.3, 0.4) is 0 Å². The Morgan fingerprint density at radius 2 is 2.15 bits per heavy atom. The van der Waals surface area contributed by atoms with E-state index in [9.17, 15) is 4.79 Å². The van der Waals surface area contributed by atoms with Gasteiger partial charge in [0.25, 0.3) is 0 Å². The Morgan fingerprint density at radius 3 is 2.70 bits per heavy atom. The van der Waals surface area contributed by atoms with Crippen LogP contribution < -0.4 is 11.1 Å². The molecular formula is C16H24N2O2. The van der Waals surface area contributed by atoms with Gasteiger partial charge in [-0.25, -0.2) is 4.79 Å². The Bertz CT molecular complexity index is 476. The molecule has 3 N–H and O–H groups in total. The monoisotopic (exact) mass is 276 g/mol. The van der Waals surface area contributed by atoms with Gasteiger partial charge in [0.1, 0.15) is 0 Å². The van der Waals surface area contributed by atoms with Crippen molar-refractivity contribution >= 4 is 17.3 Å². The van der Waals surface area contributed by atoms with E-state index in [2.05, 4.69) is 12.2 Å². The molecule has 0 atom stereocenters. The van der Waals surface area contributed by atoms with E-state index in [1.807, 2.05) is 12.1 Å². The third-order valence-corrected chi connectivity index (χ3v) is 4.42. The molecule has 4 heteroatoms. The lowest BCUT2D eigenvalue weighted by atomic mass is 9.67. The molecule has 110 valence electrons. The predicted molar refractivity (Wildman–Crippen MR) is 81.9 cm³/mol. The summed E-state index contributed by atoms with van der Waals surface area (Å²) >= 11 is 0. The van der Waals surface area contributed by atoms with E-state index in [4.69, 9.17) is 10.5 Å². The first-order chi connectivity index (χ1) is 9.62. The van der Waals surface area contributed by atoms with Gasteiger partial charge in [0.2, 0.25) is 0 Å². The van der Waals surface area contributed by atoms with Crippen LogP contribution in [0.2, 0.25) is 0 Å². The van der Waals surface area contributed by atoms with Gasteiger partial charge in [-0.05, 0) is 43.7 Å². The van der Waals surface area contributed by atoms with Crippen molar-refractivity contribution in [3.05, 3.63) is 23.8 Å². The molecular weight excluding hydrogens is 252 g/mol. The maximum Gasteiger partial charge on any atom is 0.340 e. The SMILES string of the molecule is CCOC(=O)c1cccc(NCC2(CC)CCC2)c1N. The number of para-hydroxylation sites is 1. The number of ether oxygens (including phenoxy) is 1. The molecule has 1 saturated carbocycles. The van der Waals surface area contributed by atoms with E-state index in [-0.39, 0.29) is 5.97 Å². The maximum atomic E-state index is 11.8. The van der Waals surface area contributed by atoms with Crippen LogP contribution in [0.5, 0.6) is 0 Å². The standard InChI is InChI=1S/C16H24N2O2/c1-3-16(9-6-10-16)11-18-13-8-5-7-12(14(13)17)15(19)20-4-2/h5,7-8,18H,3-4,6,9-11,17H2,1-2H3. The molecule has 0 spiro atoms. The molecule has 4 nitrogen and oxygen atoms in total. The minimum atomic E-state index is -0.359. The number of hydrogen-bond donors (Lipinski definition) is 2. The molecule has 0 unspecified atom stereocenters. The second-order valence-corrected chi connectivity index (χ2v) is 5.55. The summed E-state index contributed by atoms with van der Waals surface area (Å²) in [6.07, 6.45) is 5.04. The Balaban J connectivity index is 2.08. The molecule has 2 rings (SSSR count). The number of hydrogen-bond acceptors (Lipinski definition) is 4. The van der Waals surface area contributed by atoms with E-state index in [0.29, 0.717) is 23.3 Å². The van der Waals surface area contributed by atoms with Crippen LogP contribution in [0, 0.1) is 5.41 Å². The van der Waals surface area contributed by atoms with Crippen molar-refractivity contribution < 1.29 is 9.53 Å². The van der Waals surface area contributed by atoms with Crippen LogP contribution in [0.1, 0.15) is 49.9 Å². The Morgan fingerprint density at radius 1 is 1.40 bits per heavy atom. The molecule has 1 aliphatic carbocycles. The molecule has 0 heterocycles. The normalized spacial score (nSPS) is 16.3. The van der Waals surface area contributed by atoms with Crippen molar-refractivity contribution in [3.63, 3.8) is 0 Å². The largest absolute Gasteiger partial charge is 0.462 e. The zero-order valence-corrected chi connectivity index (χ0v) is 12.4. The molecule has 0 aromatic heterocycles. The molecule has 0 radical (unpaired) electrons. The van der Waals surface area contributed by atoms with Gasteiger partial charge in [-0.3, -0.25) is 0 Å². The van der Waals surface area contributed by atoms with Gasteiger partial charge in [-0.1, -0.05) is 19.4 Å². The first-order valence-electron chi connectivity index (χ1n) is 7.41. The number of benzene rings is 1. The predicted octanol–water partition coefficient (Wildman–Crippen LogP) is 3.44. The third-order valence-electron chi connectivity index (χ3n) is 4.42. The number of carbonyl (C=O) groups excluding carboxylic acids is 1. The summed E-state index contributed by atoms with van der Waals surface area (Å²) in [4.78, 5) is 11.8. The van der Waals surface area contributed by atoms with Crippen molar-refractivity contribution in [2.45, 2.75) is 39.5 Å². The van der Waals surface area contributed by atoms with Crippen LogP contribution in [0.4, 0.5) is 11.4 Å². The molecule has 1 aliphatic rings. The minimum absolute atomic E-state index is 0.356. The molecule has 1 aromatic rings.